The molecule has 0 fully saturated rings. The highest BCUT2D eigenvalue weighted by Crippen LogP contribution is 2.14. The van der Waals surface area contributed by atoms with E-state index in [1.54, 1.807) is 10.9 Å². The van der Waals surface area contributed by atoms with E-state index in [0.29, 0.717) is 0 Å². The molecule has 1 unspecified atom stereocenters. The highest BCUT2D eigenvalue weighted by atomic mass is 16.4. The zero-order chi connectivity index (χ0) is 13.1. The first kappa shape index (κ1) is 12.3. The van der Waals surface area contributed by atoms with Gasteiger partial charge in [-0.15, -0.1) is 0 Å². The minimum atomic E-state index is -0.998. The van der Waals surface area contributed by atoms with Gasteiger partial charge in [-0.2, -0.15) is 5.10 Å². The fraction of sp³-hybridized carbons (Fsp3) is 0.231. The first-order chi connectivity index (χ1) is 8.59. The van der Waals surface area contributed by atoms with Crippen LogP contribution in [0.1, 0.15) is 11.3 Å². The summed E-state index contributed by atoms with van der Waals surface area (Å²) in [6.45, 7) is 1.91. The predicted octanol–water partition coefficient (Wildman–Crippen LogP) is 1.14. The van der Waals surface area contributed by atoms with Crippen molar-refractivity contribution < 1.29 is 9.90 Å². The van der Waals surface area contributed by atoms with Crippen molar-refractivity contribution in [2.45, 2.75) is 19.4 Å². The summed E-state index contributed by atoms with van der Waals surface area (Å²) < 4.78 is 1.78. The zero-order valence-electron chi connectivity index (χ0n) is 10.1. The number of nitrogens with zero attached hydrogens (tertiary/aromatic N) is 2. The van der Waals surface area contributed by atoms with Gasteiger partial charge in [0.15, 0.2) is 0 Å². The van der Waals surface area contributed by atoms with E-state index in [2.05, 4.69) is 5.10 Å². The first-order valence-corrected chi connectivity index (χ1v) is 5.67. The summed E-state index contributed by atoms with van der Waals surface area (Å²) in [4.78, 5) is 10.7. The number of aromatic nitrogens is 2. The lowest BCUT2D eigenvalue weighted by molar-refractivity contribution is -0.138. The molecule has 0 saturated heterocycles. The standard InChI is InChI=1S/C13H15N3O2/c1-9-10(7-12(14)13(17)18)8-15-16(9)11-5-3-2-4-6-11/h2-6,8,12H,7,14H2,1H3,(H,17,18). The van der Waals surface area contributed by atoms with E-state index in [-0.39, 0.29) is 6.42 Å². The number of hydrogen-bond donors (Lipinski definition) is 2. The average Bonchev–Trinajstić information content (AvgIpc) is 2.72. The number of carbonyl (C=O) groups is 1. The summed E-state index contributed by atoms with van der Waals surface area (Å²) in [5.74, 6) is -0.998. The smallest absolute Gasteiger partial charge is 0.320 e. The summed E-state index contributed by atoms with van der Waals surface area (Å²) in [5, 5.41) is 13.1. The molecule has 3 N–H and O–H groups in total. The number of rotatable bonds is 4. The van der Waals surface area contributed by atoms with E-state index in [0.717, 1.165) is 16.9 Å². The van der Waals surface area contributed by atoms with Crippen LogP contribution >= 0.6 is 0 Å². The lowest BCUT2D eigenvalue weighted by Crippen LogP contribution is -2.32. The number of carboxylic acid groups (broad SMARTS) is 1. The molecule has 2 aromatic rings. The lowest BCUT2D eigenvalue weighted by Gasteiger charge is -2.07. The Morgan fingerprint density at radius 2 is 2.11 bits per heavy atom. The van der Waals surface area contributed by atoms with Crippen molar-refractivity contribution in [2.75, 3.05) is 0 Å². The molecule has 1 aromatic carbocycles. The molecule has 0 spiro atoms. The fourth-order valence-electron chi connectivity index (χ4n) is 1.80. The van der Waals surface area contributed by atoms with Crippen LogP contribution in [0.15, 0.2) is 36.5 Å². The second kappa shape index (κ2) is 5.01. The van der Waals surface area contributed by atoms with Crippen molar-refractivity contribution >= 4 is 5.97 Å². The Morgan fingerprint density at radius 3 is 2.72 bits per heavy atom. The molecule has 94 valence electrons. The Morgan fingerprint density at radius 1 is 1.44 bits per heavy atom. The Balaban J connectivity index is 2.27. The molecule has 1 aromatic heterocycles. The van der Waals surface area contributed by atoms with E-state index in [1.165, 1.54) is 0 Å². The molecule has 5 heteroatoms. The van der Waals surface area contributed by atoms with Gasteiger partial charge in [0, 0.05) is 12.1 Å². The molecule has 2 rings (SSSR count). The van der Waals surface area contributed by atoms with Gasteiger partial charge in [-0.25, -0.2) is 4.68 Å². The molecule has 0 aliphatic heterocycles. The summed E-state index contributed by atoms with van der Waals surface area (Å²) >= 11 is 0. The summed E-state index contributed by atoms with van der Waals surface area (Å²) in [6, 6.07) is 8.79. The van der Waals surface area contributed by atoms with Crippen LogP contribution < -0.4 is 5.73 Å². The van der Waals surface area contributed by atoms with Gasteiger partial charge in [-0.05, 0) is 24.6 Å². The van der Waals surface area contributed by atoms with Crippen LogP contribution in [0.2, 0.25) is 0 Å². The van der Waals surface area contributed by atoms with E-state index in [1.807, 2.05) is 37.3 Å². The molecule has 0 aliphatic carbocycles. The highest BCUT2D eigenvalue weighted by molar-refractivity contribution is 5.73. The third kappa shape index (κ3) is 2.41. The maximum Gasteiger partial charge on any atom is 0.320 e. The minimum absolute atomic E-state index is 0.286. The fourth-order valence-corrected chi connectivity index (χ4v) is 1.80. The van der Waals surface area contributed by atoms with Crippen LogP contribution in [0.3, 0.4) is 0 Å². The van der Waals surface area contributed by atoms with E-state index in [9.17, 15) is 4.79 Å². The molecule has 0 amide bonds. The normalized spacial score (nSPS) is 12.3. The molecule has 0 aliphatic rings. The first-order valence-electron chi connectivity index (χ1n) is 5.67. The maximum atomic E-state index is 10.7. The molecule has 0 bridgehead atoms. The largest absolute Gasteiger partial charge is 0.480 e. The summed E-state index contributed by atoms with van der Waals surface area (Å²) in [5.41, 5.74) is 8.25. The monoisotopic (exact) mass is 245 g/mol. The lowest BCUT2D eigenvalue weighted by atomic mass is 10.1. The Bertz CT molecular complexity index is 549. The maximum absolute atomic E-state index is 10.7. The highest BCUT2D eigenvalue weighted by Gasteiger charge is 2.16. The van der Waals surface area contributed by atoms with Gasteiger partial charge >= 0.3 is 5.97 Å². The van der Waals surface area contributed by atoms with Crippen LogP contribution in [0.4, 0.5) is 0 Å². The van der Waals surface area contributed by atoms with Gasteiger partial charge in [0.05, 0.1) is 11.9 Å². The van der Waals surface area contributed by atoms with Crippen LogP contribution in [-0.4, -0.2) is 26.9 Å². The zero-order valence-corrected chi connectivity index (χ0v) is 10.1. The van der Waals surface area contributed by atoms with Gasteiger partial charge in [-0.3, -0.25) is 4.79 Å². The summed E-state index contributed by atoms with van der Waals surface area (Å²) in [6.07, 6.45) is 1.96. The van der Waals surface area contributed by atoms with Crippen molar-refractivity contribution in [3.8, 4) is 5.69 Å². The number of nitrogens with two attached hydrogens (primary N) is 1. The van der Waals surface area contributed by atoms with Crippen LogP contribution in [0.25, 0.3) is 5.69 Å². The number of benzene rings is 1. The van der Waals surface area contributed by atoms with Gasteiger partial charge in [0.1, 0.15) is 6.04 Å². The van der Waals surface area contributed by atoms with Crippen LogP contribution in [0.5, 0.6) is 0 Å². The second-order valence-electron chi connectivity index (χ2n) is 4.15. The molecule has 0 saturated carbocycles. The SMILES string of the molecule is Cc1c(CC(N)C(=O)O)cnn1-c1ccccc1. The van der Waals surface area contributed by atoms with Crippen molar-refractivity contribution in [1.82, 2.24) is 9.78 Å². The van der Waals surface area contributed by atoms with Crippen LogP contribution in [-0.2, 0) is 11.2 Å². The number of para-hydroxylation sites is 1. The van der Waals surface area contributed by atoms with Crippen molar-refractivity contribution in [2.24, 2.45) is 5.73 Å². The third-order valence-electron chi connectivity index (χ3n) is 2.87. The van der Waals surface area contributed by atoms with Gasteiger partial charge < -0.3 is 10.8 Å². The quantitative estimate of drug-likeness (QED) is 0.846. The van der Waals surface area contributed by atoms with E-state index in [4.69, 9.17) is 10.8 Å². The molecule has 1 atom stereocenters. The van der Waals surface area contributed by atoms with Gasteiger partial charge in [0.2, 0.25) is 0 Å². The number of hydrogen-bond acceptors (Lipinski definition) is 3. The topological polar surface area (TPSA) is 81.1 Å². The van der Waals surface area contributed by atoms with Crippen molar-refractivity contribution in [3.05, 3.63) is 47.8 Å². The molecule has 5 nitrogen and oxygen atoms in total. The second-order valence-corrected chi connectivity index (χ2v) is 4.15. The molecular weight excluding hydrogens is 230 g/mol. The Hall–Kier alpha value is -2.14. The Labute approximate surface area is 105 Å². The Kier molecular flexibility index (Phi) is 3.43. The van der Waals surface area contributed by atoms with Crippen molar-refractivity contribution in [3.63, 3.8) is 0 Å². The number of carboxylic acids is 1. The van der Waals surface area contributed by atoms with E-state index < -0.39 is 12.0 Å². The molecule has 18 heavy (non-hydrogen) atoms. The molecule has 0 radical (unpaired) electrons. The van der Waals surface area contributed by atoms with Gasteiger partial charge in [-0.1, -0.05) is 18.2 Å². The minimum Gasteiger partial charge on any atom is -0.480 e. The average molecular weight is 245 g/mol. The molecular formula is C13H15N3O2. The third-order valence-corrected chi connectivity index (χ3v) is 2.87. The predicted molar refractivity (Wildman–Crippen MR) is 67.6 cm³/mol. The number of aliphatic carboxylic acids is 1. The summed E-state index contributed by atoms with van der Waals surface area (Å²) in [7, 11) is 0. The van der Waals surface area contributed by atoms with E-state index >= 15 is 0 Å². The van der Waals surface area contributed by atoms with Gasteiger partial charge in [0.25, 0.3) is 0 Å². The van der Waals surface area contributed by atoms with Crippen LogP contribution in [0, 0.1) is 6.92 Å². The van der Waals surface area contributed by atoms with Crippen molar-refractivity contribution in [1.29, 1.82) is 0 Å². The molecule has 1 heterocycles.